The average Bonchev–Trinajstić information content (AvgIpc) is 2.03. The van der Waals surface area contributed by atoms with Crippen molar-refractivity contribution in [2.45, 2.75) is 25.2 Å². The van der Waals surface area contributed by atoms with Crippen LogP contribution in [0.4, 0.5) is 0 Å². The van der Waals surface area contributed by atoms with E-state index < -0.39 is 0 Å². The molecule has 0 heterocycles. The molecule has 0 unspecified atom stereocenters. The normalized spacial score (nSPS) is 10.5. The highest BCUT2D eigenvalue weighted by Gasteiger charge is 1.96. The van der Waals surface area contributed by atoms with Crippen molar-refractivity contribution in [3.8, 4) is 5.75 Å². The van der Waals surface area contributed by atoms with Gasteiger partial charge in [0.15, 0.2) is 0 Å². The molecule has 2 heteroatoms. The van der Waals surface area contributed by atoms with Crippen molar-refractivity contribution < 1.29 is 4.74 Å². The number of benzene rings is 1. The molecule has 0 saturated carbocycles. The standard InChI is InChI=1S/C11H16OS/c1-9(2)6-7-12-10-4-3-5-11(13)8-10/h3-5,8-9,13H,6-7H2,1-2H3. The third kappa shape index (κ3) is 4.23. The minimum absolute atomic E-state index is 0.694. The summed E-state index contributed by atoms with van der Waals surface area (Å²) in [6.07, 6.45) is 1.09. The van der Waals surface area contributed by atoms with Gasteiger partial charge in [-0.1, -0.05) is 19.9 Å². The summed E-state index contributed by atoms with van der Waals surface area (Å²) in [5, 5.41) is 0. The summed E-state index contributed by atoms with van der Waals surface area (Å²) in [5.74, 6) is 1.60. The van der Waals surface area contributed by atoms with Gasteiger partial charge < -0.3 is 4.74 Å². The van der Waals surface area contributed by atoms with Crippen LogP contribution in [0.3, 0.4) is 0 Å². The lowest BCUT2D eigenvalue weighted by atomic mass is 10.1. The third-order valence-electron chi connectivity index (χ3n) is 1.78. The Labute approximate surface area is 85.5 Å². The van der Waals surface area contributed by atoms with Gasteiger partial charge in [0.25, 0.3) is 0 Å². The maximum atomic E-state index is 5.55. The predicted octanol–water partition coefficient (Wildman–Crippen LogP) is 3.40. The molecule has 0 fully saturated rings. The lowest BCUT2D eigenvalue weighted by Crippen LogP contribution is -2.01. The van der Waals surface area contributed by atoms with Gasteiger partial charge in [-0.3, -0.25) is 0 Å². The molecule has 13 heavy (non-hydrogen) atoms. The molecule has 1 rings (SSSR count). The minimum atomic E-state index is 0.694. The number of rotatable bonds is 4. The molecule has 0 spiro atoms. The van der Waals surface area contributed by atoms with Gasteiger partial charge in [-0.05, 0) is 30.5 Å². The second-order valence-corrected chi connectivity index (χ2v) is 4.04. The summed E-state index contributed by atoms with van der Waals surface area (Å²) in [7, 11) is 0. The van der Waals surface area contributed by atoms with Crippen molar-refractivity contribution in [3.05, 3.63) is 24.3 Å². The van der Waals surface area contributed by atoms with Crippen molar-refractivity contribution in [2.75, 3.05) is 6.61 Å². The molecule has 0 amide bonds. The van der Waals surface area contributed by atoms with E-state index in [9.17, 15) is 0 Å². The molecule has 1 aromatic carbocycles. The van der Waals surface area contributed by atoms with E-state index in [1.807, 2.05) is 24.3 Å². The summed E-state index contributed by atoms with van der Waals surface area (Å²) in [6, 6.07) is 7.79. The lowest BCUT2D eigenvalue weighted by molar-refractivity contribution is 0.289. The first kappa shape index (κ1) is 10.5. The molecule has 0 aliphatic carbocycles. The number of hydrogen-bond acceptors (Lipinski definition) is 2. The van der Waals surface area contributed by atoms with Crippen LogP contribution in [0.1, 0.15) is 20.3 Å². The molecule has 0 aliphatic heterocycles. The highest BCUT2D eigenvalue weighted by Crippen LogP contribution is 2.16. The minimum Gasteiger partial charge on any atom is -0.494 e. The monoisotopic (exact) mass is 196 g/mol. The molecule has 0 radical (unpaired) electrons. The third-order valence-corrected chi connectivity index (χ3v) is 2.06. The summed E-state index contributed by atoms with van der Waals surface area (Å²) in [6.45, 7) is 5.17. The van der Waals surface area contributed by atoms with Gasteiger partial charge in [0.2, 0.25) is 0 Å². The van der Waals surface area contributed by atoms with Crippen LogP contribution in [0.25, 0.3) is 0 Å². The lowest BCUT2D eigenvalue weighted by Gasteiger charge is -2.07. The van der Waals surface area contributed by atoms with Crippen LogP contribution in [0.15, 0.2) is 29.2 Å². The Morgan fingerprint density at radius 2 is 2.15 bits per heavy atom. The van der Waals surface area contributed by atoms with E-state index in [2.05, 4.69) is 26.5 Å². The Morgan fingerprint density at radius 3 is 2.77 bits per heavy atom. The fourth-order valence-corrected chi connectivity index (χ4v) is 1.20. The van der Waals surface area contributed by atoms with Gasteiger partial charge in [0.05, 0.1) is 6.61 Å². The van der Waals surface area contributed by atoms with Crippen LogP contribution in [0, 0.1) is 5.92 Å². The molecule has 0 N–H and O–H groups in total. The molecule has 0 bridgehead atoms. The van der Waals surface area contributed by atoms with Crippen molar-refractivity contribution in [2.24, 2.45) is 5.92 Å². The Balaban J connectivity index is 2.37. The zero-order valence-electron chi connectivity index (χ0n) is 8.16. The molecular formula is C11H16OS. The SMILES string of the molecule is CC(C)CCOc1cccc(S)c1. The topological polar surface area (TPSA) is 9.23 Å². The Hall–Kier alpha value is -0.630. The summed E-state index contributed by atoms with van der Waals surface area (Å²) in [5.41, 5.74) is 0. The van der Waals surface area contributed by atoms with Crippen LogP contribution in [-0.2, 0) is 0 Å². The summed E-state index contributed by atoms with van der Waals surface area (Å²) < 4.78 is 5.55. The quantitative estimate of drug-likeness (QED) is 0.726. The largest absolute Gasteiger partial charge is 0.494 e. The zero-order valence-corrected chi connectivity index (χ0v) is 9.05. The van der Waals surface area contributed by atoms with E-state index in [1.165, 1.54) is 0 Å². The summed E-state index contributed by atoms with van der Waals surface area (Å²) >= 11 is 4.24. The Morgan fingerprint density at radius 1 is 1.38 bits per heavy atom. The molecule has 72 valence electrons. The highest BCUT2D eigenvalue weighted by molar-refractivity contribution is 7.80. The van der Waals surface area contributed by atoms with Crippen LogP contribution in [0.2, 0.25) is 0 Å². The van der Waals surface area contributed by atoms with Crippen LogP contribution >= 0.6 is 12.6 Å². The van der Waals surface area contributed by atoms with Gasteiger partial charge >= 0.3 is 0 Å². The van der Waals surface area contributed by atoms with Crippen LogP contribution in [0.5, 0.6) is 5.75 Å². The zero-order chi connectivity index (χ0) is 9.68. The fourth-order valence-electron chi connectivity index (χ4n) is 0.986. The van der Waals surface area contributed by atoms with Gasteiger partial charge in [0, 0.05) is 4.90 Å². The first-order valence-electron chi connectivity index (χ1n) is 4.60. The first-order valence-corrected chi connectivity index (χ1v) is 5.05. The molecule has 0 saturated heterocycles. The van der Waals surface area contributed by atoms with Crippen LogP contribution < -0.4 is 4.74 Å². The Kier molecular flexibility index (Phi) is 4.16. The molecule has 0 atom stereocenters. The van der Waals surface area contributed by atoms with Gasteiger partial charge in [-0.2, -0.15) is 0 Å². The maximum Gasteiger partial charge on any atom is 0.120 e. The van der Waals surface area contributed by atoms with E-state index in [-0.39, 0.29) is 0 Å². The van der Waals surface area contributed by atoms with E-state index in [4.69, 9.17) is 4.74 Å². The summed E-state index contributed by atoms with van der Waals surface area (Å²) in [4.78, 5) is 0.946. The maximum absolute atomic E-state index is 5.55. The number of thiol groups is 1. The fraction of sp³-hybridized carbons (Fsp3) is 0.455. The highest BCUT2D eigenvalue weighted by atomic mass is 32.1. The molecular weight excluding hydrogens is 180 g/mol. The van der Waals surface area contributed by atoms with Crippen LogP contribution in [-0.4, -0.2) is 6.61 Å². The smallest absolute Gasteiger partial charge is 0.120 e. The second-order valence-electron chi connectivity index (χ2n) is 3.53. The van der Waals surface area contributed by atoms with Crippen molar-refractivity contribution >= 4 is 12.6 Å². The van der Waals surface area contributed by atoms with E-state index in [0.717, 1.165) is 23.7 Å². The van der Waals surface area contributed by atoms with Crippen molar-refractivity contribution in [1.82, 2.24) is 0 Å². The average molecular weight is 196 g/mol. The molecule has 1 aromatic rings. The Bertz CT molecular complexity index is 258. The molecule has 1 nitrogen and oxygen atoms in total. The second kappa shape index (κ2) is 5.18. The van der Waals surface area contributed by atoms with Gasteiger partial charge in [-0.15, -0.1) is 12.6 Å². The van der Waals surface area contributed by atoms with Gasteiger partial charge in [0.1, 0.15) is 5.75 Å². The first-order chi connectivity index (χ1) is 6.18. The number of hydrogen-bond donors (Lipinski definition) is 1. The van der Waals surface area contributed by atoms with Crippen molar-refractivity contribution in [3.63, 3.8) is 0 Å². The predicted molar refractivity (Wildman–Crippen MR) is 58.6 cm³/mol. The van der Waals surface area contributed by atoms with E-state index in [0.29, 0.717) is 5.92 Å². The van der Waals surface area contributed by atoms with E-state index >= 15 is 0 Å². The van der Waals surface area contributed by atoms with Crippen molar-refractivity contribution in [1.29, 1.82) is 0 Å². The molecule has 0 aliphatic rings. The van der Waals surface area contributed by atoms with E-state index in [1.54, 1.807) is 0 Å². The number of ether oxygens (including phenoxy) is 1. The van der Waals surface area contributed by atoms with Gasteiger partial charge in [-0.25, -0.2) is 0 Å². The molecule has 0 aromatic heterocycles.